The van der Waals surface area contributed by atoms with Crippen LogP contribution in [0.4, 0.5) is 18.9 Å². The van der Waals surface area contributed by atoms with Crippen LogP contribution >= 0.6 is 0 Å². The smallest absolute Gasteiger partial charge is 0.417 e. The van der Waals surface area contributed by atoms with E-state index in [1.807, 2.05) is 0 Å². The summed E-state index contributed by atoms with van der Waals surface area (Å²) in [6.45, 7) is 0. The van der Waals surface area contributed by atoms with Gasteiger partial charge in [0, 0.05) is 16.8 Å². The number of benzene rings is 3. The van der Waals surface area contributed by atoms with Crippen LogP contribution in [0.1, 0.15) is 21.5 Å². The minimum Gasteiger partial charge on any atom is -0.497 e. The van der Waals surface area contributed by atoms with Crippen molar-refractivity contribution in [3.05, 3.63) is 89.5 Å². The van der Waals surface area contributed by atoms with Crippen LogP contribution in [-0.4, -0.2) is 27.6 Å². The Labute approximate surface area is 188 Å². The van der Waals surface area contributed by atoms with Crippen LogP contribution in [0.15, 0.2) is 82.8 Å². The van der Waals surface area contributed by atoms with E-state index >= 15 is 0 Å². The number of halogens is 3. The van der Waals surface area contributed by atoms with E-state index in [1.54, 1.807) is 12.1 Å². The molecule has 0 saturated heterocycles. The molecule has 1 amide bonds. The van der Waals surface area contributed by atoms with Gasteiger partial charge >= 0.3 is 6.18 Å². The number of carbonyl (C=O) groups excluding carboxylic acids is 1. The van der Waals surface area contributed by atoms with Crippen molar-refractivity contribution in [1.29, 1.82) is 0 Å². The highest BCUT2D eigenvalue weighted by Crippen LogP contribution is 2.31. The van der Waals surface area contributed by atoms with Crippen molar-refractivity contribution in [3.63, 3.8) is 0 Å². The molecule has 0 bridgehead atoms. The van der Waals surface area contributed by atoms with Crippen LogP contribution < -0.4 is 14.9 Å². The van der Waals surface area contributed by atoms with Crippen molar-refractivity contribution in [2.24, 2.45) is 5.10 Å². The molecule has 3 aromatic rings. The molecule has 33 heavy (non-hydrogen) atoms. The lowest BCUT2D eigenvalue weighted by molar-refractivity contribution is -0.137. The number of carbonyl (C=O) groups is 1. The zero-order valence-corrected chi connectivity index (χ0v) is 17.9. The number of sulfonamides is 1. The molecule has 0 atom stereocenters. The minimum atomic E-state index is -4.58. The summed E-state index contributed by atoms with van der Waals surface area (Å²) in [5, 5.41) is 3.57. The van der Waals surface area contributed by atoms with Gasteiger partial charge in [-0.25, -0.2) is 13.8 Å². The number of hydrazone groups is 1. The number of nitrogens with one attached hydrogen (secondary N) is 2. The normalized spacial score (nSPS) is 11.9. The number of hydrogen-bond acceptors (Lipinski definition) is 5. The van der Waals surface area contributed by atoms with E-state index in [9.17, 15) is 26.4 Å². The number of methoxy groups -OCH3 is 1. The molecular formula is C22H18F3N3O4S. The Morgan fingerprint density at radius 1 is 1.00 bits per heavy atom. The largest absolute Gasteiger partial charge is 0.497 e. The van der Waals surface area contributed by atoms with Crippen LogP contribution in [0, 0.1) is 0 Å². The van der Waals surface area contributed by atoms with E-state index in [2.05, 4.69) is 15.2 Å². The highest BCUT2D eigenvalue weighted by Gasteiger charge is 2.32. The zero-order chi connectivity index (χ0) is 24.1. The van der Waals surface area contributed by atoms with Gasteiger partial charge in [0.25, 0.3) is 15.9 Å². The van der Waals surface area contributed by atoms with Gasteiger partial charge in [-0.05, 0) is 48.5 Å². The van der Waals surface area contributed by atoms with Gasteiger partial charge in [0.2, 0.25) is 0 Å². The molecule has 0 aliphatic carbocycles. The molecule has 0 unspecified atom stereocenters. The summed E-state index contributed by atoms with van der Waals surface area (Å²) in [4.78, 5) is 12.2. The molecular weight excluding hydrogens is 459 g/mol. The highest BCUT2D eigenvalue weighted by atomic mass is 32.2. The fourth-order valence-electron chi connectivity index (χ4n) is 2.77. The standard InChI is InChI=1S/C22H18F3N3O4S/c1-32-18-11-9-17(10-12-18)28-33(30,31)19-7-4-6-15(13-19)21(29)27-26-14-16-5-2-3-8-20(16)22(23,24)25/h2-14,28H,1H3,(H,27,29)/b26-14+. The van der Waals surface area contributed by atoms with E-state index in [0.29, 0.717) is 11.4 Å². The number of hydrogen-bond donors (Lipinski definition) is 2. The molecule has 7 nitrogen and oxygen atoms in total. The summed E-state index contributed by atoms with van der Waals surface area (Å²) in [6, 6.07) is 16.1. The molecule has 3 aromatic carbocycles. The second-order valence-corrected chi connectivity index (χ2v) is 8.33. The predicted octanol–water partition coefficient (Wildman–Crippen LogP) is 4.28. The van der Waals surface area contributed by atoms with Gasteiger partial charge in [0.1, 0.15) is 5.75 Å². The SMILES string of the molecule is COc1ccc(NS(=O)(=O)c2cccc(C(=O)N/N=C/c3ccccc3C(F)(F)F)c2)cc1. The zero-order valence-electron chi connectivity index (χ0n) is 17.1. The second-order valence-electron chi connectivity index (χ2n) is 6.65. The van der Waals surface area contributed by atoms with Gasteiger partial charge in [-0.15, -0.1) is 0 Å². The summed E-state index contributed by atoms with van der Waals surface area (Å²) >= 11 is 0. The maximum absolute atomic E-state index is 13.0. The van der Waals surface area contributed by atoms with Crippen LogP contribution in [0.25, 0.3) is 0 Å². The Bertz CT molecular complexity index is 1270. The van der Waals surface area contributed by atoms with E-state index in [-0.39, 0.29) is 16.0 Å². The molecule has 0 saturated carbocycles. The van der Waals surface area contributed by atoms with Crippen molar-refractivity contribution in [2.45, 2.75) is 11.1 Å². The number of amides is 1. The number of ether oxygens (including phenoxy) is 1. The molecule has 3 rings (SSSR count). The van der Waals surface area contributed by atoms with Crippen molar-refractivity contribution in [3.8, 4) is 5.75 Å². The Hall–Kier alpha value is -3.86. The number of anilines is 1. The Balaban J connectivity index is 1.74. The third-order valence-corrected chi connectivity index (χ3v) is 5.76. The Morgan fingerprint density at radius 3 is 2.36 bits per heavy atom. The van der Waals surface area contributed by atoms with E-state index in [0.717, 1.165) is 18.3 Å². The second kappa shape index (κ2) is 9.74. The fourth-order valence-corrected chi connectivity index (χ4v) is 3.87. The monoisotopic (exact) mass is 477 g/mol. The summed E-state index contributed by atoms with van der Waals surface area (Å²) in [7, 11) is -2.53. The number of rotatable bonds is 7. The average molecular weight is 477 g/mol. The third-order valence-electron chi connectivity index (χ3n) is 4.38. The summed E-state index contributed by atoms with van der Waals surface area (Å²) in [5.74, 6) is -0.243. The van der Waals surface area contributed by atoms with Gasteiger partial charge in [-0.2, -0.15) is 18.3 Å². The molecule has 0 spiro atoms. The van der Waals surface area contributed by atoms with Gasteiger partial charge in [0.15, 0.2) is 0 Å². The Morgan fingerprint density at radius 2 is 1.70 bits per heavy atom. The van der Waals surface area contributed by atoms with E-state index in [1.165, 1.54) is 55.6 Å². The molecule has 11 heteroatoms. The van der Waals surface area contributed by atoms with Crippen molar-refractivity contribution in [1.82, 2.24) is 5.43 Å². The molecule has 0 aliphatic rings. The summed E-state index contributed by atoms with van der Waals surface area (Å²) in [6.07, 6.45) is -3.71. The molecule has 172 valence electrons. The minimum absolute atomic E-state index is 0.0473. The number of nitrogens with zero attached hydrogens (tertiary/aromatic N) is 1. The maximum Gasteiger partial charge on any atom is 0.417 e. The average Bonchev–Trinajstić information content (AvgIpc) is 2.79. The first-order valence-corrected chi connectivity index (χ1v) is 10.8. The van der Waals surface area contributed by atoms with Crippen LogP contribution in [0.5, 0.6) is 5.75 Å². The quantitative estimate of drug-likeness (QED) is 0.392. The van der Waals surface area contributed by atoms with Crippen molar-refractivity contribution >= 4 is 27.8 Å². The molecule has 0 aliphatic heterocycles. The first kappa shape index (κ1) is 23.8. The van der Waals surface area contributed by atoms with Gasteiger partial charge < -0.3 is 4.74 Å². The van der Waals surface area contributed by atoms with Crippen LogP contribution in [-0.2, 0) is 16.2 Å². The predicted molar refractivity (Wildman–Crippen MR) is 117 cm³/mol. The Kier molecular flexibility index (Phi) is 7.02. The van der Waals surface area contributed by atoms with E-state index < -0.39 is 27.7 Å². The number of alkyl halides is 3. The van der Waals surface area contributed by atoms with Crippen LogP contribution in [0.3, 0.4) is 0 Å². The molecule has 0 heterocycles. The third kappa shape index (κ3) is 6.10. The highest BCUT2D eigenvalue weighted by molar-refractivity contribution is 7.92. The lowest BCUT2D eigenvalue weighted by Crippen LogP contribution is -2.19. The first-order chi connectivity index (χ1) is 15.6. The summed E-state index contributed by atoms with van der Waals surface area (Å²) < 4.78 is 71.8. The van der Waals surface area contributed by atoms with Gasteiger partial charge in [-0.3, -0.25) is 9.52 Å². The van der Waals surface area contributed by atoms with Crippen molar-refractivity contribution in [2.75, 3.05) is 11.8 Å². The van der Waals surface area contributed by atoms with Crippen molar-refractivity contribution < 1.29 is 31.1 Å². The summed E-state index contributed by atoms with van der Waals surface area (Å²) in [5.41, 5.74) is 1.21. The lowest BCUT2D eigenvalue weighted by atomic mass is 10.1. The van der Waals surface area contributed by atoms with Gasteiger partial charge in [-0.1, -0.05) is 24.3 Å². The topological polar surface area (TPSA) is 96.9 Å². The first-order valence-electron chi connectivity index (χ1n) is 9.37. The molecule has 0 fully saturated rings. The fraction of sp³-hybridized carbons (Fsp3) is 0.0909. The lowest BCUT2D eigenvalue weighted by Gasteiger charge is -2.10. The maximum atomic E-state index is 13.0. The molecule has 0 aromatic heterocycles. The van der Waals surface area contributed by atoms with Crippen LogP contribution in [0.2, 0.25) is 0 Å². The van der Waals surface area contributed by atoms with E-state index in [4.69, 9.17) is 4.74 Å². The molecule has 2 N–H and O–H groups in total. The van der Waals surface area contributed by atoms with Gasteiger partial charge in [0.05, 0.1) is 23.8 Å². The molecule has 0 radical (unpaired) electrons.